The maximum Gasteiger partial charge on any atom is 0.0452 e. The van der Waals surface area contributed by atoms with Gasteiger partial charge in [0.05, 0.1) is 0 Å². The minimum absolute atomic E-state index is 0.698. The van der Waals surface area contributed by atoms with E-state index in [9.17, 15) is 0 Å². The fraction of sp³-hybridized carbons (Fsp3) is 0.333. The lowest BCUT2D eigenvalue weighted by atomic mass is 10.5. The Bertz CT molecular complexity index is 73.3. The first-order valence-electron chi connectivity index (χ1n) is 1.73. The molecule has 0 radical (unpaired) electrons. The zero-order valence-electron chi connectivity index (χ0n) is 3.69. The van der Waals surface area contributed by atoms with Gasteiger partial charge in [-0.15, -0.1) is 12.6 Å². The Morgan fingerprint density at radius 2 is 2.57 bits per heavy atom. The number of nitrogens with two attached hydrogens (primary N) is 1. The fourth-order valence-corrected chi connectivity index (χ4v) is 0.654. The van der Waals surface area contributed by atoms with Crippen LogP contribution < -0.4 is 9.26 Å². The highest BCUT2D eigenvalue weighted by molar-refractivity contribution is 14.1. The zero-order chi connectivity index (χ0) is 5.70. The van der Waals surface area contributed by atoms with Crippen molar-refractivity contribution >= 4 is 35.5 Å². The monoisotopic (exact) mass is 230 g/mol. The van der Waals surface area contributed by atoms with Gasteiger partial charge in [-0.25, -0.2) is 0 Å². The van der Waals surface area contributed by atoms with Gasteiger partial charge in [-0.3, -0.25) is 3.53 Å². The van der Waals surface area contributed by atoms with Gasteiger partial charge >= 0.3 is 0 Å². The number of hydrogen-bond donors (Lipinski definition) is 3. The molecule has 0 aliphatic heterocycles. The first-order valence-corrected chi connectivity index (χ1v) is 3.33. The van der Waals surface area contributed by atoms with E-state index in [1.807, 2.05) is 22.9 Å². The van der Waals surface area contributed by atoms with Crippen molar-refractivity contribution in [3.63, 3.8) is 0 Å². The van der Waals surface area contributed by atoms with E-state index in [4.69, 9.17) is 5.73 Å². The first kappa shape index (κ1) is 7.58. The van der Waals surface area contributed by atoms with E-state index in [1.54, 1.807) is 5.41 Å². The van der Waals surface area contributed by atoms with E-state index >= 15 is 0 Å². The quantitative estimate of drug-likeness (QED) is 0.370. The zero-order valence-corrected chi connectivity index (χ0v) is 6.74. The molecular weight excluding hydrogens is 223 g/mol. The summed E-state index contributed by atoms with van der Waals surface area (Å²) in [6, 6.07) is 0. The maximum atomic E-state index is 5.30. The predicted molar refractivity (Wildman–Crippen MR) is 43.3 cm³/mol. The van der Waals surface area contributed by atoms with Crippen LogP contribution in [-0.2, 0) is 0 Å². The van der Waals surface area contributed by atoms with Crippen molar-refractivity contribution in [2.24, 2.45) is 5.73 Å². The summed E-state index contributed by atoms with van der Waals surface area (Å²) in [7, 11) is 0. The standard InChI is InChI=1S/C3H7IN2S/c4-6-1-3(5)2-7/h2,6-7H,1,5H2/b3-2-. The van der Waals surface area contributed by atoms with E-state index in [-0.39, 0.29) is 0 Å². The summed E-state index contributed by atoms with van der Waals surface area (Å²) < 4.78 is 2.85. The molecule has 0 saturated heterocycles. The SMILES string of the molecule is N/C(=C\S)CNI. The minimum Gasteiger partial charge on any atom is -0.401 e. The van der Waals surface area contributed by atoms with E-state index in [0.717, 1.165) is 5.70 Å². The molecule has 0 aliphatic carbocycles. The molecule has 0 aromatic rings. The Morgan fingerprint density at radius 1 is 2.00 bits per heavy atom. The third-order valence-corrected chi connectivity index (χ3v) is 1.15. The second-order valence-corrected chi connectivity index (χ2v) is 2.04. The third-order valence-electron chi connectivity index (χ3n) is 0.437. The van der Waals surface area contributed by atoms with Gasteiger partial charge in [0, 0.05) is 35.1 Å². The summed E-state index contributed by atoms with van der Waals surface area (Å²) in [6.07, 6.45) is 0. The van der Waals surface area contributed by atoms with Crippen molar-refractivity contribution in [2.45, 2.75) is 0 Å². The molecule has 0 aromatic heterocycles. The van der Waals surface area contributed by atoms with Crippen LogP contribution >= 0.6 is 35.5 Å². The molecule has 0 atom stereocenters. The lowest BCUT2D eigenvalue weighted by Gasteiger charge is -1.92. The molecule has 0 spiro atoms. The summed E-state index contributed by atoms with van der Waals surface area (Å²) in [4.78, 5) is 0. The van der Waals surface area contributed by atoms with Gasteiger partial charge in [0.25, 0.3) is 0 Å². The van der Waals surface area contributed by atoms with Crippen molar-refractivity contribution in [2.75, 3.05) is 6.54 Å². The highest BCUT2D eigenvalue weighted by Crippen LogP contribution is 1.84. The van der Waals surface area contributed by atoms with Gasteiger partial charge < -0.3 is 5.73 Å². The molecule has 0 amide bonds. The Morgan fingerprint density at radius 3 is 2.71 bits per heavy atom. The summed E-state index contributed by atoms with van der Waals surface area (Å²) >= 11 is 5.84. The molecular formula is C3H7IN2S. The summed E-state index contributed by atoms with van der Waals surface area (Å²) in [5, 5.41) is 1.58. The summed E-state index contributed by atoms with van der Waals surface area (Å²) in [5.74, 6) is 0. The number of nitrogens with one attached hydrogen (secondary N) is 1. The van der Waals surface area contributed by atoms with Gasteiger partial charge in [-0.1, -0.05) is 0 Å². The molecule has 0 heterocycles. The summed E-state index contributed by atoms with van der Waals surface area (Å²) in [5.41, 5.74) is 6.05. The van der Waals surface area contributed by atoms with Gasteiger partial charge in [0.1, 0.15) is 0 Å². The van der Waals surface area contributed by atoms with Crippen molar-refractivity contribution in [3.8, 4) is 0 Å². The van der Waals surface area contributed by atoms with E-state index in [0.29, 0.717) is 6.54 Å². The van der Waals surface area contributed by atoms with Crippen LogP contribution in [0.5, 0.6) is 0 Å². The second kappa shape index (κ2) is 4.73. The van der Waals surface area contributed by atoms with Crippen LogP contribution in [0.1, 0.15) is 0 Å². The van der Waals surface area contributed by atoms with Crippen LogP contribution in [0.25, 0.3) is 0 Å². The lowest BCUT2D eigenvalue weighted by molar-refractivity contribution is 1.07. The van der Waals surface area contributed by atoms with E-state index in [2.05, 4.69) is 16.2 Å². The minimum atomic E-state index is 0.698. The van der Waals surface area contributed by atoms with Gasteiger partial charge in [0.15, 0.2) is 0 Å². The molecule has 7 heavy (non-hydrogen) atoms. The molecule has 0 aromatic carbocycles. The number of rotatable bonds is 2. The lowest BCUT2D eigenvalue weighted by Crippen LogP contribution is -2.10. The van der Waals surface area contributed by atoms with E-state index in [1.165, 1.54) is 0 Å². The molecule has 4 heteroatoms. The highest BCUT2D eigenvalue weighted by atomic mass is 127. The van der Waals surface area contributed by atoms with Crippen LogP contribution in [0, 0.1) is 0 Å². The molecule has 0 aliphatic rings. The van der Waals surface area contributed by atoms with Crippen molar-refractivity contribution in [1.29, 1.82) is 0 Å². The fourth-order valence-electron chi connectivity index (χ4n) is 0.123. The van der Waals surface area contributed by atoms with Crippen molar-refractivity contribution in [1.82, 2.24) is 3.53 Å². The smallest absolute Gasteiger partial charge is 0.0452 e. The molecule has 42 valence electrons. The third kappa shape index (κ3) is 4.43. The van der Waals surface area contributed by atoms with Gasteiger partial charge in [-0.05, 0) is 5.41 Å². The van der Waals surface area contributed by atoms with Gasteiger partial charge in [-0.2, -0.15) is 0 Å². The maximum absolute atomic E-state index is 5.30. The number of halogens is 1. The van der Waals surface area contributed by atoms with E-state index < -0.39 is 0 Å². The first-order chi connectivity index (χ1) is 3.31. The normalized spacial score (nSPS) is 12.0. The molecule has 3 N–H and O–H groups in total. The molecule has 0 saturated carbocycles. The van der Waals surface area contributed by atoms with Crippen LogP contribution in [0.3, 0.4) is 0 Å². The van der Waals surface area contributed by atoms with Crippen molar-refractivity contribution in [3.05, 3.63) is 11.1 Å². The van der Waals surface area contributed by atoms with Crippen LogP contribution in [-0.4, -0.2) is 6.54 Å². The molecule has 0 unspecified atom stereocenters. The van der Waals surface area contributed by atoms with Crippen molar-refractivity contribution < 1.29 is 0 Å². The molecule has 0 rings (SSSR count). The number of hydrogen-bond acceptors (Lipinski definition) is 3. The average Bonchev–Trinajstić information content (AvgIpc) is 1.68. The Balaban J connectivity index is 3.17. The highest BCUT2D eigenvalue weighted by Gasteiger charge is 1.80. The largest absolute Gasteiger partial charge is 0.401 e. The predicted octanol–water partition coefficient (Wildman–Crippen LogP) is 0.656. The second-order valence-electron chi connectivity index (χ2n) is 1.01. The van der Waals surface area contributed by atoms with Crippen LogP contribution in [0.15, 0.2) is 11.1 Å². The average molecular weight is 230 g/mol. The number of thiol groups is 1. The summed E-state index contributed by atoms with van der Waals surface area (Å²) in [6.45, 7) is 0.698. The molecule has 0 fully saturated rings. The Hall–Kier alpha value is 0.580. The van der Waals surface area contributed by atoms with Gasteiger partial charge in [0.2, 0.25) is 0 Å². The van der Waals surface area contributed by atoms with Crippen LogP contribution in [0.2, 0.25) is 0 Å². The Labute approximate surface area is 62.4 Å². The topological polar surface area (TPSA) is 38.0 Å². The molecule has 0 bridgehead atoms. The van der Waals surface area contributed by atoms with Crippen LogP contribution in [0.4, 0.5) is 0 Å². The molecule has 2 nitrogen and oxygen atoms in total. The Kier molecular flexibility index (Phi) is 5.12.